The lowest BCUT2D eigenvalue weighted by molar-refractivity contribution is -0.141. The summed E-state index contributed by atoms with van der Waals surface area (Å²) in [6.07, 6.45) is 0.284. The molecule has 2 amide bonds. The summed E-state index contributed by atoms with van der Waals surface area (Å²) in [6, 6.07) is 3.74. The quantitative estimate of drug-likeness (QED) is 0.815. The van der Waals surface area contributed by atoms with Crippen molar-refractivity contribution in [2.45, 2.75) is 27.2 Å². The molecule has 1 aliphatic heterocycles. The Kier molecular flexibility index (Phi) is 6.28. The minimum Gasteiger partial charge on any atom is -0.496 e. The number of benzene rings is 1. The lowest BCUT2D eigenvalue weighted by atomic mass is 10.0. The molecule has 0 saturated carbocycles. The molecule has 0 atom stereocenters. The van der Waals surface area contributed by atoms with Crippen molar-refractivity contribution in [1.82, 2.24) is 9.80 Å². The van der Waals surface area contributed by atoms with Gasteiger partial charge in [-0.15, -0.1) is 0 Å². The average molecular weight is 348 g/mol. The molecule has 2 rings (SSSR count). The van der Waals surface area contributed by atoms with Crippen molar-refractivity contribution in [3.05, 3.63) is 23.3 Å². The van der Waals surface area contributed by atoms with Crippen LogP contribution in [-0.2, 0) is 16.0 Å². The molecular weight excluding hydrogens is 320 g/mol. The molecule has 1 aliphatic rings. The summed E-state index contributed by atoms with van der Waals surface area (Å²) >= 11 is 0. The molecule has 0 spiro atoms. The van der Waals surface area contributed by atoms with Gasteiger partial charge in [-0.1, -0.05) is 19.9 Å². The summed E-state index contributed by atoms with van der Waals surface area (Å²) in [5.41, 5.74) is 1.74. The number of piperazine rings is 1. The largest absolute Gasteiger partial charge is 0.496 e. The van der Waals surface area contributed by atoms with Crippen LogP contribution in [0.3, 0.4) is 0 Å². The summed E-state index contributed by atoms with van der Waals surface area (Å²) in [5, 5.41) is 0. The fraction of sp³-hybridized carbons (Fsp3) is 0.579. The Labute approximate surface area is 149 Å². The second-order valence-electron chi connectivity index (χ2n) is 6.62. The number of amides is 2. The molecule has 1 aromatic rings. The van der Waals surface area contributed by atoms with Crippen LogP contribution in [-0.4, -0.2) is 62.0 Å². The van der Waals surface area contributed by atoms with E-state index in [0.29, 0.717) is 31.9 Å². The van der Waals surface area contributed by atoms with E-state index in [-0.39, 0.29) is 24.2 Å². The van der Waals surface area contributed by atoms with Crippen molar-refractivity contribution in [2.75, 3.05) is 40.4 Å². The van der Waals surface area contributed by atoms with E-state index in [9.17, 15) is 9.59 Å². The molecule has 138 valence electrons. The highest BCUT2D eigenvalue weighted by atomic mass is 16.5. The third kappa shape index (κ3) is 4.24. The first-order valence-electron chi connectivity index (χ1n) is 8.66. The van der Waals surface area contributed by atoms with Gasteiger partial charge in [-0.2, -0.15) is 0 Å². The molecular formula is C19H28N2O4. The number of rotatable bonds is 5. The fourth-order valence-electron chi connectivity index (χ4n) is 3.19. The van der Waals surface area contributed by atoms with Crippen molar-refractivity contribution >= 4 is 11.8 Å². The predicted octanol–water partition coefficient (Wildman–Crippen LogP) is 1.88. The lowest BCUT2D eigenvalue weighted by Crippen LogP contribution is -2.51. The molecule has 1 fully saturated rings. The van der Waals surface area contributed by atoms with Crippen LogP contribution in [0.1, 0.15) is 25.0 Å². The maximum atomic E-state index is 12.6. The van der Waals surface area contributed by atoms with Gasteiger partial charge in [0.1, 0.15) is 11.5 Å². The molecule has 1 saturated heterocycles. The minimum absolute atomic E-state index is 0.00575. The molecule has 0 aromatic heterocycles. The molecule has 0 unspecified atom stereocenters. The number of hydrogen-bond acceptors (Lipinski definition) is 4. The van der Waals surface area contributed by atoms with Gasteiger partial charge in [0.2, 0.25) is 11.8 Å². The van der Waals surface area contributed by atoms with E-state index in [1.807, 2.05) is 42.7 Å². The highest BCUT2D eigenvalue weighted by Gasteiger charge is 2.26. The van der Waals surface area contributed by atoms with Crippen molar-refractivity contribution < 1.29 is 19.1 Å². The second-order valence-corrected chi connectivity index (χ2v) is 6.62. The van der Waals surface area contributed by atoms with Crippen molar-refractivity contribution in [3.8, 4) is 11.5 Å². The molecule has 0 N–H and O–H groups in total. The zero-order chi connectivity index (χ0) is 18.6. The topological polar surface area (TPSA) is 59.1 Å². The Morgan fingerprint density at radius 1 is 1.04 bits per heavy atom. The second kappa shape index (κ2) is 8.23. The highest BCUT2D eigenvalue weighted by molar-refractivity contribution is 5.81. The maximum absolute atomic E-state index is 12.6. The van der Waals surface area contributed by atoms with E-state index in [0.717, 1.165) is 16.9 Å². The van der Waals surface area contributed by atoms with Crippen LogP contribution >= 0.6 is 0 Å². The zero-order valence-corrected chi connectivity index (χ0v) is 15.8. The Morgan fingerprint density at radius 3 is 2.16 bits per heavy atom. The first-order valence-corrected chi connectivity index (χ1v) is 8.66. The Bertz CT molecular complexity index is 635. The van der Waals surface area contributed by atoms with Crippen LogP contribution in [0.15, 0.2) is 12.1 Å². The minimum atomic E-state index is -0.00575. The molecule has 6 nitrogen and oxygen atoms in total. The molecule has 25 heavy (non-hydrogen) atoms. The third-order valence-electron chi connectivity index (χ3n) is 4.64. The molecule has 0 bridgehead atoms. The van der Waals surface area contributed by atoms with E-state index in [2.05, 4.69) is 0 Å². The van der Waals surface area contributed by atoms with Crippen LogP contribution in [0.25, 0.3) is 0 Å². The van der Waals surface area contributed by atoms with Crippen molar-refractivity contribution in [1.29, 1.82) is 0 Å². The van der Waals surface area contributed by atoms with Gasteiger partial charge in [-0.05, 0) is 13.0 Å². The summed E-state index contributed by atoms with van der Waals surface area (Å²) in [5.74, 6) is 1.64. The van der Waals surface area contributed by atoms with E-state index in [1.165, 1.54) is 0 Å². The van der Waals surface area contributed by atoms with E-state index < -0.39 is 0 Å². The van der Waals surface area contributed by atoms with Crippen LogP contribution in [0, 0.1) is 12.8 Å². The zero-order valence-electron chi connectivity index (χ0n) is 15.8. The van der Waals surface area contributed by atoms with Crippen LogP contribution < -0.4 is 9.47 Å². The number of carbonyl (C=O) groups is 2. The number of hydrogen-bond donors (Lipinski definition) is 0. The first-order chi connectivity index (χ1) is 11.9. The smallest absolute Gasteiger partial charge is 0.227 e. The lowest BCUT2D eigenvalue weighted by Gasteiger charge is -2.35. The van der Waals surface area contributed by atoms with E-state index in [1.54, 1.807) is 14.2 Å². The highest BCUT2D eigenvalue weighted by Crippen LogP contribution is 2.31. The third-order valence-corrected chi connectivity index (χ3v) is 4.64. The summed E-state index contributed by atoms with van der Waals surface area (Å²) in [4.78, 5) is 28.4. The van der Waals surface area contributed by atoms with E-state index in [4.69, 9.17) is 9.47 Å². The van der Waals surface area contributed by atoms with Gasteiger partial charge in [-0.25, -0.2) is 0 Å². The van der Waals surface area contributed by atoms with E-state index >= 15 is 0 Å². The first kappa shape index (κ1) is 19.1. The maximum Gasteiger partial charge on any atom is 0.227 e. The van der Waals surface area contributed by atoms with Gasteiger partial charge in [0.05, 0.1) is 20.6 Å². The van der Waals surface area contributed by atoms with Crippen LogP contribution in [0.5, 0.6) is 11.5 Å². The molecule has 1 heterocycles. The monoisotopic (exact) mass is 348 g/mol. The average Bonchev–Trinajstić information content (AvgIpc) is 2.61. The molecule has 1 aromatic carbocycles. The molecule has 0 radical (unpaired) electrons. The Morgan fingerprint density at radius 2 is 1.64 bits per heavy atom. The standard InChI is InChI=1S/C19H28N2O4/c1-13(2)19(23)21-10-8-20(9-11-21)17(22)12-15-6-7-16(24-4)14(3)18(15)25-5/h6-7,13H,8-12H2,1-5H3. The summed E-state index contributed by atoms with van der Waals surface area (Å²) < 4.78 is 10.8. The SMILES string of the molecule is COc1ccc(CC(=O)N2CCN(C(=O)C(C)C)CC2)c(OC)c1C. The Balaban J connectivity index is 2.02. The van der Waals surface area contributed by atoms with Crippen molar-refractivity contribution in [3.63, 3.8) is 0 Å². The molecule has 0 aliphatic carbocycles. The van der Waals surface area contributed by atoms with Crippen LogP contribution in [0.4, 0.5) is 0 Å². The summed E-state index contributed by atoms with van der Waals surface area (Å²) in [6.45, 7) is 8.07. The van der Waals surface area contributed by atoms with Gasteiger partial charge < -0.3 is 19.3 Å². The fourth-order valence-corrected chi connectivity index (χ4v) is 3.19. The van der Waals surface area contributed by atoms with Gasteiger partial charge in [-0.3, -0.25) is 9.59 Å². The number of methoxy groups -OCH3 is 2. The predicted molar refractivity (Wildman–Crippen MR) is 96.0 cm³/mol. The van der Waals surface area contributed by atoms with Gasteiger partial charge in [0, 0.05) is 43.2 Å². The number of ether oxygens (including phenoxy) is 2. The van der Waals surface area contributed by atoms with Gasteiger partial charge >= 0.3 is 0 Å². The van der Waals surface area contributed by atoms with Crippen molar-refractivity contribution in [2.24, 2.45) is 5.92 Å². The van der Waals surface area contributed by atoms with Gasteiger partial charge in [0.15, 0.2) is 0 Å². The Hall–Kier alpha value is -2.24. The summed E-state index contributed by atoms with van der Waals surface area (Å²) in [7, 11) is 3.22. The molecule has 6 heteroatoms. The van der Waals surface area contributed by atoms with Gasteiger partial charge in [0.25, 0.3) is 0 Å². The normalized spacial score (nSPS) is 14.6. The number of carbonyl (C=O) groups excluding carboxylic acids is 2. The van der Waals surface area contributed by atoms with Crippen LogP contribution in [0.2, 0.25) is 0 Å². The number of nitrogens with zero attached hydrogens (tertiary/aromatic N) is 2.